The standard InChI is InChI=1S/C14H15ClFN3O/c1-3-20-8-14-18-12(15)7-13(19-14)17-11-5-4-10(16)6-9(11)2/h4-7H,3,8H2,1-2H3,(H,17,18,19). The van der Waals surface area contributed by atoms with Crippen LogP contribution >= 0.6 is 11.6 Å². The lowest BCUT2D eigenvalue weighted by Gasteiger charge is -2.10. The smallest absolute Gasteiger partial charge is 0.158 e. The van der Waals surface area contributed by atoms with Crippen molar-refractivity contribution in [1.29, 1.82) is 0 Å². The normalized spacial score (nSPS) is 10.6. The number of aromatic nitrogens is 2. The topological polar surface area (TPSA) is 47.0 Å². The van der Waals surface area contributed by atoms with Crippen molar-refractivity contribution in [2.24, 2.45) is 0 Å². The maximum Gasteiger partial charge on any atom is 0.158 e. The van der Waals surface area contributed by atoms with Crippen LogP contribution in [0.25, 0.3) is 0 Å². The van der Waals surface area contributed by atoms with E-state index in [9.17, 15) is 4.39 Å². The zero-order chi connectivity index (χ0) is 14.5. The molecule has 0 unspecified atom stereocenters. The number of hydrogen-bond donors (Lipinski definition) is 1. The Hall–Kier alpha value is -1.72. The molecule has 6 heteroatoms. The number of nitrogens with zero attached hydrogens (tertiary/aromatic N) is 2. The molecule has 1 N–H and O–H groups in total. The molecule has 0 spiro atoms. The molecule has 1 aromatic carbocycles. The van der Waals surface area contributed by atoms with Crippen molar-refractivity contribution in [3.63, 3.8) is 0 Å². The Kier molecular flexibility index (Phi) is 4.87. The summed E-state index contributed by atoms with van der Waals surface area (Å²) in [4.78, 5) is 8.38. The summed E-state index contributed by atoms with van der Waals surface area (Å²) in [6.45, 7) is 4.59. The van der Waals surface area contributed by atoms with Crippen molar-refractivity contribution >= 4 is 23.1 Å². The lowest BCUT2D eigenvalue weighted by atomic mass is 10.2. The first-order valence-electron chi connectivity index (χ1n) is 6.23. The molecule has 0 saturated carbocycles. The van der Waals surface area contributed by atoms with E-state index in [-0.39, 0.29) is 5.82 Å². The van der Waals surface area contributed by atoms with Gasteiger partial charge >= 0.3 is 0 Å². The Bertz CT molecular complexity index is 607. The van der Waals surface area contributed by atoms with Gasteiger partial charge in [0.2, 0.25) is 0 Å². The van der Waals surface area contributed by atoms with Gasteiger partial charge in [-0.05, 0) is 37.6 Å². The predicted octanol–water partition coefficient (Wildman–Crippen LogP) is 3.86. The first-order chi connectivity index (χ1) is 9.58. The average molecular weight is 296 g/mol. The maximum atomic E-state index is 13.1. The summed E-state index contributed by atoms with van der Waals surface area (Å²) in [6.07, 6.45) is 0. The van der Waals surface area contributed by atoms with Crippen LogP contribution in [0.3, 0.4) is 0 Å². The molecular weight excluding hydrogens is 281 g/mol. The average Bonchev–Trinajstić information content (AvgIpc) is 2.39. The van der Waals surface area contributed by atoms with Gasteiger partial charge in [0.05, 0.1) is 0 Å². The van der Waals surface area contributed by atoms with Crippen LogP contribution in [0.1, 0.15) is 18.3 Å². The highest BCUT2D eigenvalue weighted by Gasteiger charge is 2.06. The van der Waals surface area contributed by atoms with E-state index in [1.54, 1.807) is 12.1 Å². The molecular formula is C14H15ClFN3O. The number of ether oxygens (including phenoxy) is 1. The number of halogens is 2. The summed E-state index contributed by atoms with van der Waals surface area (Å²) in [5.74, 6) is 0.779. The Morgan fingerprint density at radius 3 is 2.80 bits per heavy atom. The van der Waals surface area contributed by atoms with Gasteiger partial charge in [0.1, 0.15) is 23.4 Å². The van der Waals surface area contributed by atoms with Gasteiger partial charge < -0.3 is 10.1 Å². The zero-order valence-corrected chi connectivity index (χ0v) is 12.0. The highest BCUT2D eigenvalue weighted by atomic mass is 35.5. The summed E-state index contributed by atoms with van der Waals surface area (Å²) in [5, 5.41) is 3.43. The molecule has 0 bridgehead atoms. The van der Waals surface area contributed by atoms with Crippen molar-refractivity contribution < 1.29 is 9.13 Å². The first kappa shape index (κ1) is 14.7. The number of nitrogens with one attached hydrogen (secondary N) is 1. The minimum atomic E-state index is -0.272. The second-order valence-electron chi connectivity index (χ2n) is 4.21. The van der Waals surface area contributed by atoms with E-state index in [4.69, 9.17) is 16.3 Å². The Labute approximate surface area is 122 Å². The quantitative estimate of drug-likeness (QED) is 0.851. The van der Waals surface area contributed by atoms with E-state index >= 15 is 0 Å². The third kappa shape index (κ3) is 3.88. The predicted molar refractivity (Wildman–Crippen MR) is 76.8 cm³/mol. The maximum absolute atomic E-state index is 13.1. The molecule has 0 amide bonds. The Morgan fingerprint density at radius 1 is 1.30 bits per heavy atom. The van der Waals surface area contributed by atoms with Crippen LogP contribution in [0.2, 0.25) is 5.15 Å². The third-order valence-electron chi connectivity index (χ3n) is 2.63. The van der Waals surface area contributed by atoms with Crippen molar-refractivity contribution in [1.82, 2.24) is 9.97 Å². The molecule has 2 aromatic rings. The number of anilines is 2. The van der Waals surface area contributed by atoms with E-state index in [0.29, 0.717) is 30.0 Å². The molecule has 1 aromatic heterocycles. The van der Waals surface area contributed by atoms with Crippen LogP contribution < -0.4 is 5.32 Å². The fourth-order valence-electron chi connectivity index (χ4n) is 1.69. The van der Waals surface area contributed by atoms with Gasteiger partial charge in [-0.1, -0.05) is 11.6 Å². The zero-order valence-electron chi connectivity index (χ0n) is 11.3. The van der Waals surface area contributed by atoms with E-state index < -0.39 is 0 Å². The third-order valence-corrected chi connectivity index (χ3v) is 2.82. The number of rotatable bonds is 5. The monoisotopic (exact) mass is 295 g/mol. The second kappa shape index (κ2) is 6.63. The fourth-order valence-corrected chi connectivity index (χ4v) is 1.89. The molecule has 106 valence electrons. The summed E-state index contributed by atoms with van der Waals surface area (Å²) in [7, 11) is 0. The molecule has 0 aliphatic carbocycles. The first-order valence-corrected chi connectivity index (χ1v) is 6.60. The van der Waals surface area contributed by atoms with Crippen LogP contribution in [0.5, 0.6) is 0 Å². The number of aryl methyl sites for hydroxylation is 1. The molecule has 0 aliphatic heterocycles. The lowest BCUT2D eigenvalue weighted by Crippen LogP contribution is -2.03. The van der Waals surface area contributed by atoms with Gasteiger partial charge in [-0.15, -0.1) is 0 Å². The molecule has 0 saturated heterocycles. The summed E-state index contributed by atoms with van der Waals surface area (Å²) >= 11 is 5.95. The highest BCUT2D eigenvalue weighted by Crippen LogP contribution is 2.21. The van der Waals surface area contributed by atoms with Crippen LogP contribution in [-0.2, 0) is 11.3 Å². The second-order valence-corrected chi connectivity index (χ2v) is 4.60. The van der Waals surface area contributed by atoms with E-state index in [1.165, 1.54) is 12.1 Å². The summed E-state index contributed by atoms with van der Waals surface area (Å²) in [6, 6.07) is 6.11. The van der Waals surface area contributed by atoms with Gasteiger partial charge in [-0.3, -0.25) is 0 Å². The van der Waals surface area contributed by atoms with Crippen molar-refractivity contribution in [2.45, 2.75) is 20.5 Å². The van der Waals surface area contributed by atoms with Gasteiger partial charge in [0.25, 0.3) is 0 Å². The van der Waals surface area contributed by atoms with E-state index in [2.05, 4.69) is 15.3 Å². The molecule has 2 rings (SSSR count). The summed E-state index contributed by atoms with van der Waals surface area (Å²) in [5.41, 5.74) is 1.55. The van der Waals surface area contributed by atoms with Crippen molar-refractivity contribution in [3.8, 4) is 0 Å². The molecule has 20 heavy (non-hydrogen) atoms. The van der Waals surface area contributed by atoms with Gasteiger partial charge in [-0.2, -0.15) is 0 Å². The lowest BCUT2D eigenvalue weighted by molar-refractivity contribution is 0.128. The molecule has 0 aliphatic rings. The van der Waals surface area contributed by atoms with Crippen LogP contribution in [0, 0.1) is 12.7 Å². The minimum absolute atomic E-state index is 0.272. The van der Waals surface area contributed by atoms with Crippen molar-refractivity contribution in [2.75, 3.05) is 11.9 Å². The molecule has 4 nitrogen and oxygen atoms in total. The van der Waals surface area contributed by atoms with Gasteiger partial charge in [0.15, 0.2) is 5.82 Å². The number of hydrogen-bond acceptors (Lipinski definition) is 4. The molecule has 1 heterocycles. The fraction of sp³-hybridized carbons (Fsp3) is 0.286. The minimum Gasteiger partial charge on any atom is -0.374 e. The van der Waals surface area contributed by atoms with Crippen LogP contribution in [0.4, 0.5) is 15.9 Å². The molecule has 0 fully saturated rings. The molecule has 0 radical (unpaired) electrons. The van der Waals surface area contributed by atoms with Gasteiger partial charge in [-0.25, -0.2) is 14.4 Å². The SMILES string of the molecule is CCOCc1nc(Cl)cc(Nc2ccc(F)cc2C)n1. The highest BCUT2D eigenvalue weighted by molar-refractivity contribution is 6.29. The summed E-state index contributed by atoms with van der Waals surface area (Å²) < 4.78 is 18.3. The van der Waals surface area contributed by atoms with Gasteiger partial charge in [0, 0.05) is 18.4 Å². The Balaban J connectivity index is 2.21. The van der Waals surface area contributed by atoms with Crippen LogP contribution in [0.15, 0.2) is 24.3 Å². The largest absolute Gasteiger partial charge is 0.374 e. The van der Waals surface area contributed by atoms with Crippen LogP contribution in [-0.4, -0.2) is 16.6 Å². The molecule has 0 atom stereocenters. The van der Waals surface area contributed by atoms with E-state index in [0.717, 1.165) is 11.3 Å². The van der Waals surface area contributed by atoms with E-state index in [1.807, 2.05) is 13.8 Å². The number of benzene rings is 1. The van der Waals surface area contributed by atoms with Crippen molar-refractivity contribution in [3.05, 3.63) is 46.6 Å². The Morgan fingerprint density at radius 2 is 2.10 bits per heavy atom.